The normalized spacial score (nSPS) is 22.7. The Morgan fingerprint density at radius 1 is 0.472 bits per heavy atom. The number of benzene rings is 5. The summed E-state index contributed by atoms with van der Waals surface area (Å²) < 4.78 is 114. The smallest absolute Gasteiger partial charge is 0.462 e. The van der Waals surface area contributed by atoms with E-state index in [-0.39, 0.29) is 84.8 Å². The number of rotatable bonds is 40. The predicted molar refractivity (Wildman–Crippen MR) is 395 cm³/mol. The first-order valence-electron chi connectivity index (χ1n) is 37.1. The zero-order valence-electron chi connectivity index (χ0n) is 63.1. The van der Waals surface area contributed by atoms with Gasteiger partial charge in [-0.05, 0) is 77.2 Å². The van der Waals surface area contributed by atoms with Crippen molar-refractivity contribution in [3.63, 3.8) is 0 Å². The first-order chi connectivity index (χ1) is 50.9. The van der Waals surface area contributed by atoms with E-state index in [1.807, 2.05) is 169 Å². The summed E-state index contributed by atoms with van der Waals surface area (Å²) in [5.41, 5.74) is 4.64. The molecule has 3 aliphatic heterocycles. The largest absolute Gasteiger partial charge is 0.475 e. The van der Waals surface area contributed by atoms with Crippen molar-refractivity contribution >= 4 is 51.8 Å². The number of ether oxygens (including phenoxy) is 11. The Bertz CT molecular complexity index is 3540. The van der Waals surface area contributed by atoms with Crippen molar-refractivity contribution in [2.24, 2.45) is 0 Å². The van der Waals surface area contributed by atoms with E-state index in [0.29, 0.717) is 24.0 Å². The molecule has 106 heavy (non-hydrogen) atoms. The van der Waals surface area contributed by atoms with Gasteiger partial charge in [0.25, 0.3) is 0 Å². The molecule has 3 heterocycles. The summed E-state index contributed by atoms with van der Waals surface area (Å²) in [6, 6.07) is 42.0. The number of phosphoric acid groups is 1. The van der Waals surface area contributed by atoms with E-state index in [0.717, 1.165) is 22.3 Å². The number of amides is 2. The van der Waals surface area contributed by atoms with Crippen molar-refractivity contribution in [2.75, 3.05) is 13.2 Å². The molecular weight excluding hydrogens is 1400 g/mol. The Morgan fingerprint density at radius 2 is 0.868 bits per heavy atom. The van der Waals surface area contributed by atoms with Crippen LogP contribution in [0.4, 0.5) is 0 Å². The van der Waals surface area contributed by atoms with Crippen molar-refractivity contribution in [3.8, 4) is 0 Å². The lowest BCUT2D eigenvalue weighted by Gasteiger charge is -2.50. The molecule has 2 fully saturated rings. The van der Waals surface area contributed by atoms with Crippen molar-refractivity contribution in [1.82, 2.24) is 10.6 Å². The van der Waals surface area contributed by atoms with Gasteiger partial charge in [0.2, 0.25) is 11.8 Å². The van der Waals surface area contributed by atoms with Gasteiger partial charge in [0, 0.05) is 12.8 Å². The molecule has 5 aromatic rings. The highest BCUT2D eigenvalue weighted by molar-refractivity contribution is 7.48. The SMILES string of the molecule is CCC(=O)O[C@H](CC)CC(=O)NC1[C@H](OCC2OC(O[Si](C)(C)C(C)(C)C)C(NC(=O)C[C@@H](CC)OCc3ccccc3)[C@@H](OC(=O)C[C@@H](CC)OCc3ccccc3)[C@H]2OCc2ccccc2)OC(COCc2ccccc2)[C@H](OP2(=O)OCc3ccccc3CO2)[C@@H]1OC(=O)C[C@@H](CC)OC(=O)CC. The minimum absolute atomic E-state index is 0.0150. The van der Waals surface area contributed by atoms with Gasteiger partial charge in [-0.15, -0.1) is 0 Å². The maximum absolute atomic E-state index is 15.4. The van der Waals surface area contributed by atoms with Crippen LogP contribution in [0.2, 0.25) is 18.1 Å². The van der Waals surface area contributed by atoms with Crippen molar-refractivity contribution < 1.29 is 103 Å². The quantitative estimate of drug-likeness (QED) is 0.0159. The number of carbonyl (C=O) groups is 6. The Morgan fingerprint density at radius 3 is 1.34 bits per heavy atom. The molecule has 2 amide bonds. The number of hydrogen-bond donors (Lipinski definition) is 2. The fourth-order valence-electron chi connectivity index (χ4n) is 11.9. The van der Waals surface area contributed by atoms with Crippen LogP contribution in [0.25, 0.3) is 0 Å². The lowest BCUT2D eigenvalue weighted by atomic mass is 9.95. The number of phosphoric ester groups is 1. The van der Waals surface area contributed by atoms with Gasteiger partial charge in [0.15, 0.2) is 33.1 Å². The minimum Gasteiger partial charge on any atom is -0.462 e. The Kier molecular flexibility index (Phi) is 33.5. The average Bonchev–Trinajstić information content (AvgIpc) is 1.35. The van der Waals surface area contributed by atoms with Gasteiger partial charge in [-0.2, -0.15) is 0 Å². The maximum Gasteiger partial charge on any atom is 0.475 e. The number of fused-ring (bicyclic) bond motifs is 1. The van der Waals surface area contributed by atoms with Crippen LogP contribution in [0, 0.1) is 0 Å². The summed E-state index contributed by atoms with van der Waals surface area (Å²) in [4.78, 5) is 85.8. The molecule has 0 spiro atoms. The zero-order chi connectivity index (χ0) is 76.2. The van der Waals surface area contributed by atoms with Crippen LogP contribution in [-0.2, 0) is 143 Å². The van der Waals surface area contributed by atoms with Crippen molar-refractivity contribution in [1.29, 1.82) is 0 Å². The molecule has 0 aliphatic carbocycles. The van der Waals surface area contributed by atoms with E-state index in [1.54, 1.807) is 52.0 Å². The lowest BCUT2D eigenvalue weighted by molar-refractivity contribution is -0.302. The van der Waals surface area contributed by atoms with Gasteiger partial charge in [-0.3, -0.25) is 42.3 Å². The number of esters is 4. The second kappa shape index (κ2) is 42.0. The Hall–Kier alpha value is -7.07. The van der Waals surface area contributed by atoms with Crippen LogP contribution in [-0.4, -0.2) is 143 Å². The third-order valence-electron chi connectivity index (χ3n) is 19.2. The van der Waals surface area contributed by atoms with E-state index in [9.17, 15) is 14.4 Å². The van der Waals surface area contributed by atoms with Crippen LogP contribution < -0.4 is 10.6 Å². The molecule has 8 rings (SSSR count). The van der Waals surface area contributed by atoms with Gasteiger partial charge in [0.1, 0.15) is 48.7 Å². The summed E-state index contributed by atoms with van der Waals surface area (Å²) in [7, 11) is -7.75. The Labute approximate surface area is 625 Å². The third kappa shape index (κ3) is 26.1. The monoisotopic (exact) mass is 1510 g/mol. The molecular formula is C80H109N2O22PSi. The molecule has 0 radical (unpaired) electrons. The molecule has 580 valence electrons. The highest BCUT2D eigenvalue weighted by atomic mass is 31.2. The summed E-state index contributed by atoms with van der Waals surface area (Å²) in [5, 5.41) is 5.72. The fourth-order valence-corrected chi connectivity index (χ4v) is 14.4. The topological polar surface area (TPSA) is 282 Å². The van der Waals surface area contributed by atoms with Gasteiger partial charge in [0.05, 0.1) is 90.7 Å². The molecule has 14 atom stereocenters. The van der Waals surface area contributed by atoms with Gasteiger partial charge in [-0.25, -0.2) is 4.57 Å². The van der Waals surface area contributed by atoms with Gasteiger partial charge < -0.3 is 67.2 Å². The Balaban J connectivity index is 1.26. The number of nitrogens with one attached hydrogen (secondary N) is 2. The zero-order valence-corrected chi connectivity index (χ0v) is 65.0. The van der Waals surface area contributed by atoms with Gasteiger partial charge in [-0.1, -0.05) is 208 Å². The van der Waals surface area contributed by atoms with E-state index in [1.165, 1.54) is 0 Å². The second-order valence-electron chi connectivity index (χ2n) is 28.2. The minimum atomic E-state index is -4.75. The summed E-state index contributed by atoms with van der Waals surface area (Å²) in [6.07, 6.45) is -15.0. The average molecular weight is 1510 g/mol. The standard InChI is InChI=1S/C80H109N2O22PSi/c1-12-60(91-47-55-34-24-19-25-35-55)42-66(83)82-73-76(101-70(87)44-61(13-2)92-48-56-36-26-20-27-37-56)74(93-49-57-38-28-21-29-39-57)65(100-79(73)104-106(10,11)80(7,8)9)53-94-78-72(81-67(84)43-62(14-3)97-68(85)16-5)77(102-71(88)45-63(15-4)98-69(86)17-6)75(64(99-78)52-90-46-54-32-22-18-23-33-54)103-105(89)95-50-58-40-30-31-41-59(58)51-96-105/h18-41,60-65,72-79H,12-17,42-53H2,1-11H3,(H,81,84)(H,82,83)/t60-,61-,62-,63-,64?,65?,72?,73?,74+,75+,76-,77-,78-,79?/m1/s1. The van der Waals surface area contributed by atoms with Crippen LogP contribution in [0.5, 0.6) is 0 Å². The second-order valence-corrected chi connectivity index (χ2v) is 34.6. The molecule has 3 aliphatic rings. The summed E-state index contributed by atoms with van der Waals surface area (Å²) >= 11 is 0. The van der Waals surface area contributed by atoms with Crippen LogP contribution >= 0.6 is 7.82 Å². The first-order valence-corrected chi connectivity index (χ1v) is 41.5. The van der Waals surface area contributed by atoms with E-state index >= 15 is 18.9 Å². The molecule has 2 N–H and O–H groups in total. The first kappa shape index (κ1) is 84.5. The molecule has 0 aromatic heterocycles. The molecule has 2 saturated heterocycles. The number of carbonyl (C=O) groups excluding carboxylic acids is 6. The van der Waals surface area contributed by atoms with Crippen LogP contribution in [0.3, 0.4) is 0 Å². The molecule has 24 nitrogen and oxygen atoms in total. The van der Waals surface area contributed by atoms with Gasteiger partial charge >= 0.3 is 31.7 Å². The molecule has 26 heteroatoms. The molecule has 0 bridgehead atoms. The number of hydrogen-bond acceptors (Lipinski definition) is 22. The highest BCUT2D eigenvalue weighted by Gasteiger charge is 2.57. The third-order valence-corrected chi connectivity index (χ3v) is 25.0. The molecule has 0 saturated carbocycles. The lowest BCUT2D eigenvalue weighted by Crippen LogP contribution is -2.69. The molecule has 5 unspecified atom stereocenters. The van der Waals surface area contributed by atoms with E-state index < -0.39 is 162 Å². The fraction of sp³-hybridized carbons (Fsp3) is 0.550. The summed E-state index contributed by atoms with van der Waals surface area (Å²) in [6.45, 7) is 19.8. The molecule has 5 aromatic carbocycles. The van der Waals surface area contributed by atoms with Crippen LogP contribution in [0.1, 0.15) is 160 Å². The van der Waals surface area contributed by atoms with Crippen LogP contribution in [0.15, 0.2) is 146 Å². The highest BCUT2D eigenvalue weighted by Crippen LogP contribution is 2.55. The summed E-state index contributed by atoms with van der Waals surface area (Å²) in [5.74, 6) is -3.94. The van der Waals surface area contributed by atoms with Crippen molar-refractivity contribution in [2.45, 2.75) is 270 Å². The van der Waals surface area contributed by atoms with E-state index in [2.05, 4.69) is 10.6 Å². The van der Waals surface area contributed by atoms with Crippen molar-refractivity contribution in [3.05, 3.63) is 179 Å². The predicted octanol–water partition coefficient (Wildman–Crippen LogP) is 13.3. The maximum atomic E-state index is 15.4. The van der Waals surface area contributed by atoms with E-state index in [4.69, 9.17) is 70.1 Å².